The highest BCUT2D eigenvalue weighted by atomic mass is 15.5. The van der Waals surface area contributed by atoms with Crippen molar-refractivity contribution in [3.05, 3.63) is 91.3 Å². The molecular formula is C19H16N3. The highest BCUT2D eigenvalue weighted by molar-refractivity contribution is 5.91. The second-order valence-electron chi connectivity index (χ2n) is 5.94. The molecule has 22 heavy (non-hydrogen) atoms. The van der Waals surface area contributed by atoms with Crippen LogP contribution in [0.3, 0.4) is 0 Å². The fourth-order valence-corrected chi connectivity index (χ4v) is 4.18. The molecule has 3 aliphatic heterocycles. The molecule has 1 N–H and O–H groups in total. The molecule has 1 radical (unpaired) electrons. The molecule has 5 rings (SSSR count). The largest absolute Gasteiger partial charge is 0.338 e. The topological polar surface area (TPSA) is 18.5 Å². The second kappa shape index (κ2) is 4.02. The van der Waals surface area contributed by atoms with Crippen LogP contribution in [0.2, 0.25) is 0 Å². The van der Waals surface area contributed by atoms with Gasteiger partial charge >= 0.3 is 0 Å². The van der Waals surface area contributed by atoms with E-state index in [1.165, 1.54) is 22.4 Å². The average Bonchev–Trinajstić information content (AvgIpc) is 3.15. The zero-order valence-corrected chi connectivity index (χ0v) is 12.1. The van der Waals surface area contributed by atoms with Crippen molar-refractivity contribution < 1.29 is 0 Å². The molecule has 4 aliphatic rings. The van der Waals surface area contributed by atoms with Gasteiger partial charge in [0.25, 0.3) is 0 Å². The summed E-state index contributed by atoms with van der Waals surface area (Å²) in [6.07, 6.45) is 17.6. The van der Waals surface area contributed by atoms with E-state index >= 15 is 0 Å². The van der Waals surface area contributed by atoms with Crippen LogP contribution in [0.4, 0.5) is 5.69 Å². The third kappa shape index (κ3) is 1.22. The van der Waals surface area contributed by atoms with E-state index in [9.17, 15) is 0 Å². The zero-order chi connectivity index (χ0) is 14.7. The fourth-order valence-electron chi connectivity index (χ4n) is 4.18. The number of rotatable bonds is 1. The predicted octanol–water partition coefficient (Wildman–Crippen LogP) is 3.15. The summed E-state index contributed by atoms with van der Waals surface area (Å²) in [6, 6.07) is 8.67. The van der Waals surface area contributed by atoms with E-state index in [1.54, 1.807) is 0 Å². The van der Waals surface area contributed by atoms with Crippen molar-refractivity contribution in [2.45, 2.75) is 11.6 Å². The quantitative estimate of drug-likeness (QED) is 0.855. The van der Waals surface area contributed by atoms with E-state index in [-0.39, 0.29) is 11.6 Å². The molecule has 1 aromatic rings. The fraction of sp³-hybridized carbons (Fsp3) is 0.105. The van der Waals surface area contributed by atoms with Crippen molar-refractivity contribution >= 4 is 11.3 Å². The van der Waals surface area contributed by atoms with Gasteiger partial charge in [0.15, 0.2) is 0 Å². The monoisotopic (exact) mass is 286 g/mol. The summed E-state index contributed by atoms with van der Waals surface area (Å²) in [5.41, 5.74) is 8.08. The molecule has 1 aliphatic carbocycles. The molecule has 0 saturated heterocycles. The van der Waals surface area contributed by atoms with Crippen molar-refractivity contribution in [1.29, 1.82) is 0 Å². The Morgan fingerprint density at radius 1 is 1.09 bits per heavy atom. The number of nitrogens with zero attached hydrogens (tertiary/aromatic N) is 2. The molecule has 1 spiro atoms. The van der Waals surface area contributed by atoms with Crippen LogP contribution >= 0.6 is 0 Å². The lowest BCUT2D eigenvalue weighted by molar-refractivity contribution is 0.308. The SMILES string of the molecule is [CH2]NN1c2ccccc2C2=CC=CN3C=CC4=CC=CC43C21. The van der Waals surface area contributed by atoms with Crippen molar-refractivity contribution in [2.75, 3.05) is 5.01 Å². The van der Waals surface area contributed by atoms with E-state index in [4.69, 9.17) is 0 Å². The van der Waals surface area contributed by atoms with Crippen LogP contribution in [-0.2, 0) is 0 Å². The molecular weight excluding hydrogens is 270 g/mol. The number of hydrogen-bond donors (Lipinski definition) is 1. The Balaban J connectivity index is 1.79. The molecule has 107 valence electrons. The maximum Gasteiger partial charge on any atom is 0.114 e. The summed E-state index contributed by atoms with van der Waals surface area (Å²) in [4.78, 5) is 2.30. The van der Waals surface area contributed by atoms with E-state index in [2.05, 4.69) is 95.5 Å². The minimum absolute atomic E-state index is 0.150. The van der Waals surface area contributed by atoms with Gasteiger partial charge in [0.1, 0.15) is 11.6 Å². The number of allylic oxidation sites excluding steroid dienone is 4. The lowest BCUT2D eigenvalue weighted by Crippen LogP contribution is -2.58. The molecule has 0 bridgehead atoms. The summed E-state index contributed by atoms with van der Waals surface area (Å²) in [6.45, 7) is 0. The van der Waals surface area contributed by atoms with Gasteiger partial charge in [0.2, 0.25) is 0 Å². The predicted molar refractivity (Wildman–Crippen MR) is 89.3 cm³/mol. The first kappa shape index (κ1) is 12.1. The van der Waals surface area contributed by atoms with Crippen LogP contribution in [0.5, 0.6) is 0 Å². The maximum absolute atomic E-state index is 3.96. The number of hydrogen-bond acceptors (Lipinski definition) is 3. The Labute approximate surface area is 130 Å². The van der Waals surface area contributed by atoms with Crippen LogP contribution in [0.15, 0.2) is 78.7 Å². The standard InChI is InChI=1S/C19H16N3/c1-20-22-17-9-3-2-7-15(17)16-8-5-12-21-13-10-14-6-4-11-19(14,21)18(16)22/h2-13,18,20H,1H2. The van der Waals surface area contributed by atoms with Gasteiger partial charge in [0.05, 0.1) is 5.69 Å². The van der Waals surface area contributed by atoms with Crippen LogP contribution < -0.4 is 10.4 Å². The summed E-state index contributed by atoms with van der Waals surface area (Å²) < 4.78 is 0. The van der Waals surface area contributed by atoms with Gasteiger partial charge in [-0.3, -0.25) is 5.01 Å². The molecule has 3 heteroatoms. The number of fused-ring (bicyclic) bond motifs is 3. The van der Waals surface area contributed by atoms with Crippen molar-refractivity contribution in [2.24, 2.45) is 0 Å². The molecule has 2 unspecified atom stereocenters. The number of anilines is 1. The Hall–Kier alpha value is -2.52. The van der Waals surface area contributed by atoms with E-state index in [0.29, 0.717) is 0 Å². The van der Waals surface area contributed by atoms with Gasteiger partial charge in [-0.05, 0) is 29.4 Å². The first-order valence-electron chi connectivity index (χ1n) is 7.53. The molecule has 1 aromatic carbocycles. The van der Waals surface area contributed by atoms with Gasteiger partial charge in [-0.25, -0.2) is 5.43 Å². The summed E-state index contributed by atoms with van der Waals surface area (Å²) in [7, 11) is 3.96. The first-order valence-corrected chi connectivity index (χ1v) is 7.53. The molecule has 3 nitrogen and oxygen atoms in total. The summed E-state index contributed by atoms with van der Waals surface area (Å²) in [5.74, 6) is 0. The van der Waals surface area contributed by atoms with Crippen LogP contribution in [-0.4, -0.2) is 16.5 Å². The number of para-hydroxylation sites is 1. The lowest BCUT2D eigenvalue weighted by Gasteiger charge is -2.43. The van der Waals surface area contributed by atoms with E-state index in [1.807, 2.05) is 0 Å². The first-order chi connectivity index (χ1) is 10.9. The molecule has 0 amide bonds. The maximum atomic E-state index is 3.96. The number of benzene rings is 1. The van der Waals surface area contributed by atoms with Crippen LogP contribution in [0.25, 0.3) is 5.57 Å². The summed E-state index contributed by atoms with van der Waals surface area (Å²) in [5, 5.41) is 2.19. The highest BCUT2D eigenvalue weighted by Crippen LogP contribution is 2.52. The van der Waals surface area contributed by atoms with Crippen molar-refractivity contribution in [3.63, 3.8) is 0 Å². The number of hydrazine groups is 1. The third-order valence-electron chi connectivity index (χ3n) is 5.07. The highest BCUT2D eigenvalue weighted by Gasteiger charge is 2.54. The molecule has 0 fully saturated rings. The Kier molecular flexibility index (Phi) is 2.20. The summed E-state index contributed by atoms with van der Waals surface area (Å²) >= 11 is 0. The smallest absolute Gasteiger partial charge is 0.114 e. The minimum atomic E-state index is -0.192. The van der Waals surface area contributed by atoms with Crippen LogP contribution in [0, 0.1) is 7.05 Å². The van der Waals surface area contributed by atoms with Gasteiger partial charge in [-0.2, -0.15) is 0 Å². The van der Waals surface area contributed by atoms with E-state index < -0.39 is 0 Å². The zero-order valence-electron chi connectivity index (χ0n) is 12.1. The molecule has 2 atom stereocenters. The Morgan fingerprint density at radius 3 is 2.91 bits per heavy atom. The van der Waals surface area contributed by atoms with Gasteiger partial charge in [-0.1, -0.05) is 42.5 Å². The lowest BCUT2D eigenvalue weighted by atomic mass is 9.81. The average molecular weight is 286 g/mol. The molecule has 0 aromatic heterocycles. The van der Waals surface area contributed by atoms with Crippen molar-refractivity contribution in [3.8, 4) is 0 Å². The van der Waals surface area contributed by atoms with Gasteiger partial charge in [-0.15, -0.1) is 0 Å². The number of nitrogens with one attached hydrogen (secondary N) is 1. The third-order valence-corrected chi connectivity index (χ3v) is 5.07. The van der Waals surface area contributed by atoms with Gasteiger partial charge in [0, 0.05) is 25.0 Å². The Morgan fingerprint density at radius 2 is 2.00 bits per heavy atom. The van der Waals surface area contributed by atoms with E-state index in [0.717, 1.165) is 0 Å². The van der Waals surface area contributed by atoms with Crippen LogP contribution in [0.1, 0.15) is 5.56 Å². The second-order valence-corrected chi connectivity index (χ2v) is 5.94. The Bertz CT molecular complexity index is 812. The minimum Gasteiger partial charge on any atom is -0.338 e. The van der Waals surface area contributed by atoms with Crippen molar-refractivity contribution in [1.82, 2.24) is 10.3 Å². The normalized spacial score (nSPS) is 29.8. The molecule has 3 heterocycles. The molecule has 0 saturated carbocycles. The van der Waals surface area contributed by atoms with Gasteiger partial charge < -0.3 is 4.90 Å².